The van der Waals surface area contributed by atoms with E-state index in [4.69, 9.17) is 8.83 Å². The van der Waals surface area contributed by atoms with Crippen LogP contribution < -0.4 is 4.90 Å². The van der Waals surface area contributed by atoms with E-state index >= 15 is 0 Å². The molecular weight excluding hydrogens is 743 g/mol. The Hall–Kier alpha value is -7.36. The van der Waals surface area contributed by atoms with Gasteiger partial charge >= 0.3 is 0 Å². The number of para-hydroxylation sites is 1. The molecule has 61 heavy (non-hydrogen) atoms. The molecular formula is C58H43NO2. The average molecular weight is 786 g/mol. The molecule has 0 spiro atoms. The first-order valence-corrected chi connectivity index (χ1v) is 21.6. The van der Waals surface area contributed by atoms with Gasteiger partial charge in [-0.1, -0.05) is 152 Å². The zero-order chi connectivity index (χ0) is 40.3. The molecule has 10 aromatic rings. The summed E-state index contributed by atoms with van der Waals surface area (Å²) >= 11 is 0. The summed E-state index contributed by atoms with van der Waals surface area (Å²) in [5.41, 5.74) is 15.8. The number of hydrogen-bond acceptors (Lipinski definition) is 3. The van der Waals surface area contributed by atoms with Crippen molar-refractivity contribution in [2.45, 2.75) is 38.0 Å². The first kappa shape index (κ1) is 35.6. The molecule has 2 aliphatic carbocycles. The van der Waals surface area contributed by atoms with Gasteiger partial charge in [-0.3, -0.25) is 0 Å². The Balaban J connectivity index is 1.08. The molecule has 2 heterocycles. The summed E-state index contributed by atoms with van der Waals surface area (Å²) in [4.78, 5) is 2.43. The minimum absolute atomic E-state index is 0.489. The van der Waals surface area contributed by atoms with E-state index in [0.29, 0.717) is 5.92 Å². The van der Waals surface area contributed by atoms with Crippen molar-refractivity contribution >= 4 is 66.8 Å². The van der Waals surface area contributed by atoms with Crippen LogP contribution in [-0.4, -0.2) is 0 Å². The van der Waals surface area contributed by atoms with E-state index in [-0.39, 0.29) is 0 Å². The Kier molecular flexibility index (Phi) is 8.59. The highest BCUT2D eigenvalue weighted by Gasteiger charge is 2.25. The van der Waals surface area contributed by atoms with Gasteiger partial charge < -0.3 is 13.7 Å². The van der Waals surface area contributed by atoms with Crippen LogP contribution in [0.25, 0.3) is 83.1 Å². The number of nitrogens with zero attached hydrogens (tertiary/aromatic N) is 1. The fourth-order valence-corrected chi connectivity index (χ4v) is 10.1. The predicted molar refractivity (Wildman–Crippen MR) is 255 cm³/mol. The van der Waals surface area contributed by atoms with E-state index in [2.05, 4.69) is 199 Å². The average Bonchev–Trinajstić information content (AvgIpc) is 3.92. The number of hydrogen-bond donors (Lipinski definition) is 0. The van der Waals surface area contributed by atoms with Gasteiger partial charge in [-0.25, -0.2) is 0 Å². The SMILES string of the molecule is C1=Cc2oc3c(-c4ccc(N(c5cccc(-c6ccccc6)c5)c5cc6c(oc7cccc(-c8ccccc8[C@H]8CC=CCC8)c76)c6ccccc56)cc4)cccc3c2CC1. The number of fused-ring (bicyclic) bond motifs is 8. The van der Waals surface area contributed by atoms with Crippen molar-refractivity contribution < 1.29 is 8.83 Å². The maximum absolute atomic E-state index is 6.92. The van der Waals surface area contributed by atoms with Crippen molar-refractivity contribution in [3.63, 3.8) is 0 Å². The number of furan rings is 2. The summed E-state index contributed by atoms with van der Waals surface area (Å²) in [6.07, 6.45) is 14.4. The van der Waals surface area contributed by atoms with Gasteiger partial charge in [0.2, 0.25) is 0 Å². The van der Waals surface area contributed by atoms with Gasteiger partial charge in [-0.05, 0) is 114 Å². The first-order valence-electron chi connectivity index (χ1n) is 21.6. The minimum atomic E-state index is 0.489. The molecule has 0 saturated heterocycles. The standard InChI is InChI=1S/C58H43NO2/c1-3-16-38(17-4-1)41-20-13-21-43(36-41)59(42-34-32-40(33-35-42)45-27-14-29-51-48-25-11-12-30-54(48)60-57(45)51)53-37-52-56-49(46-23-8-7-22-44(46)39-18-5-2-6-19-39)28-15-31-55(56)61-58(52)50-26-10-9-24-47(50)53/h1-5,7-10,12-17,20-24,26-37,39H,6,11,18-19,25H2/t39-/m0/s1. The summed E-state index contributed by atoms with van der Waals surface area (Å²) in [6, 6.07) is 61.9. The molecule has 12 rings (SSSR count). The van der Waals surface area contributed by atoms with Crippen molar-refractivity contribution in [1.29, 1.82) is 0 Å². The number of benzene rings is 8. The van der Waals surface area contributed by atoms with Crippen LogP contribution in [0.15, 0.2) is 197 Å². The van der Waals surface area contributed by atoms with Gasteiger partial charge in [0.05, 0.1) is 5.69 Å². The van der Waals surface area contributed by atoms with E-state index in [1.807, 2.05) is 0 Å². The molecule has 3 heteroatoms. The molecule has 8 aromatic carbocycles. The third-order valence-corrected chi connectivity index (χ3v) is 13.0. The second-order valence-electron chi connectivity index (χ2n) is 16.5. The van der Waals surface area contributed by atoms with Crippen LogP contribution in [0.2, 0.25) is 0 Å². The molecule has 0 amide bonds. The molecule has 0 radical (unpaired) electrons. The summed E-state index contributed by atoms with van der Waals surface area (Å²) in [5, 5.41) is 5.69. The van der Waals surface area contributed by atoms with Crippen molar-refractivity contribution in [3.8, 4) is 33.4 Å². The number of allylic oxidation sites excluding steroid dienone is 3. The van der Waals surface area contributed by atoms with Crippen molar-refractivity contribution in [3.05, 3.63) is 205 Å². The summed E-state index contributed by atoms with van der Waals surface area (Å²) in [5.74, 6) is 1.48. The Morgan fingerprint density at radius 1 is 0.475 bits per heavy atom. The molecule has 1 atom stereocenters. The molecule has 0 aliphatic heterocycles. The number of rotatable bonds is 7. The van der Waals surface area contributed by atoms with Crippen LogP contribution in [0.4, 0.5) is 17.1 Å². The van der Waals surface area contributed by atoms with Crippen LogP contribution in [0.1, 0.15) is 48.5 Å². The predicted octanol–water partition coefficient (Wildman–Crippen LogP) is 16.7. The van der Waals surface area contributed by atoms with Gasteiger partial charge in [0.15, 0.2) is 0 Å². The Labute approximate surface area is 355 Å². The molecule has 0 fully saturated rings. The van der Waals surface area contributed by atoms with E-state index in [9.17, 15) is 0 Å². The molecule has 0 N–H and O–H groups in total. The van der Waals surface area contributed by atoms with Crippen molar-refractivity contribution in [2.24, 2.45) is 0 Å². The number of anilines is 3. The van der Waals surface area contributed by atoms with E-state index in [0.717, 1.165) is 110 Å². The normalized spacial score (nSPS) is 14.9. The highest BCUT2D eigenvalue weighted by Crippen LogP contribution is 2.48. The van der Waals surface area contributed by atoms with Gasteiger partial charge in [-0.15, -0.1) is 0 Å². The highest BCUT2D eigenvalue weighted by atomic mass is 16.3. The quantitative estimate of drug-likeness (QED) is 0.151. The monoisotopic (exact) mass is 785 g/mol. The van der Waals surface area contributed by atoms with Crippen LogP contribution in [0, 0.1) is 0 Å². The van der Waals surface area contributed by atoms with Crippen molar-refractivity contribution in [2.75, 3.05) is 4.90 Å². The maximum atomic E-state index is 6.92. The van der Waals surface area contributed by atoms with Gasteiger partial charge in [0, 0.05) is 49.4 Å². The maximum Gasteiger partial charge on any atom is 0.143 e. The van der Waals surface area contributed by atoms with E-state index in [1.165, 1.54) is 33.2 Å². The minimum Gasteiger partial charge on any atom is -0.456 e. The fraction of sp³-hybridized carbons (Fsp3) is 0.103. The lowest BCUT2D eigenvalue weighted by molar-refractivity contribution is 0.596. The summed E-state index contributed by atoms with van der Waals surface area (Å²) in [7, 11) is 0. The number of aryl methyl sites for hydroxylation is 1. The van der Waals surface area contributed by atoms with Crippen LogP contribution in [0.5, 0.6) is 0 Å². The van der Waals surface area contributed by atoms with Gasteiger partial charge in [0.1, 0.15) is 22.5 Å². The van der Waals surface area contributed by atoms with E-state index in [1.54, 1.807) is 0 Å². The molecule has 0 saturated carbocycles. The molecule has 2 aromatic heterocycles. The molecule has 0 unspecified atom stereocenters. The van der Waals surface area contributed by atoms with E-state index < -0.39 is 0 Å². The summed E-state index contributed by atoms with van der Waals surface area (Å²) in [6.45, 7) is 0. The first-order chi connectivity index (χ1) is 30.3. The fourth-order valence-electron chi connectivity index (χ4n) is 10.1. The zero-order valence-corrected chi connectivity index (χ0v) is 33.9. The van der Waals surface area contributed by atoms with Crippen LogP contribution in [0.3, 0.4) is 0 Å². The highest BCUT2D eigenvalue weighted by molar-refractivity contribution is 6.22. The van der Waals surface area contributed by atoms with Crippen LogP contribution in [-0.2, 0) is 6.42 Å². The molecule has 292 valence electrons. The second-order valence-corrected chi connectivity index (χ2v) is 16.5. The lowest BCUT2D eigenvalue weighted by Crippen LogP contribution is -2.10. The molecule has 0 bridgehead atoms. The molecule has 2 aliphatic rings. The Morgan fingerprint density at radius 3 is 2.11 bits per heavy atom. The summed E-state index contributed by atoms with van der Waals surface area (Å²) < 4.78 is 13.5. The largest absolute Gasteiger partial charge is 0.456 e. The topological polar surface area (TPSA) is 29.5 Å². The Morgan fingerprint density at radius 2 is 1.23 bits per heavy atom. The van der Waals surface area contributed by atoms with Crippen LogP contribution >= 0.6 is 0 Å². The third kappa shape index (κ3) is 6.03. The zero-order valence-electron chi connectivity index (χ0n) is 33.9. The third-order valence-electron chi connectivity index (χ3n) is 13.0. The van der Waals surface area contributed by atoms with Gasteiger partial charge in [0.25, 0.3) is 0 Å². The lowest BCUT2D eigenvalue weighted by atomic mass is 9.83. The Bertz CT molecular complexity index is 3340. The lowest BCUT2D eigenvalue weighted by Gasteiger charge is -2.28. The van der Waals surface area contributed by atoms with Gasteiger partial charge in [-0.2, -0.15) is 0 Å². The second kappa shape index (κ2) is 14.7. The van der Waals surface area contributed by atoms with Crippen molar-refractivity contribution in [1.82, 2.24) is 0 Å². The molecule has 3 nitrogen and oxygen atoms in total. The smallest absolute Gasteiger partial charge is 0.143 e.